The van der Waals surface area contributed by atoms with Crippen molar-refractivity contribution in [2.75, 3.05) is 5.32 Å². The Bertz CT molecular complexity index is 468. The average molecular weight is 258 g/mol. The molecule has 1 aliphatic carbocycles. The quantitative estimate of drug-likeness (QED) is 0.813. The van der Waals surface area contributed by atoms with Gasteiger partial charge in [0.2, 0.25) is 5.91 Å². The van der Waals surface area contributed by atoms with E-state index < -0.39 is 0 Å². The van der Waals surface area contributed by atoms with E-state index in [1.165, 1.54) is 31.7 Å². The number of allylic oxidation sites excluding steroid dienone is 1. The second kappa shape index (κ2) is 6.53. The molecule has 2 rings (SSSR count). The topological polar surface area (TPSA) is 41.1 Å². The van der Waals surface area contributed by atoms with Crippen LogP contribution < -0.4 is 10.6 Å². The molecule has 1 aliphatic rings. The fraction of sp³-hybridized carbons (Fsp3) is 0.438. The number of hydrogen-bond acceptors (Lipinski definition) is 2. The van der Waals surface area contributed by atoms with Crippen LogP contribution in [0.2, 0.25) is 0 Å². The van der Waals surface area contributed by atoms with E-state index >= 15 is 0 Å². The first kappa shape index (κ1) is 13.8. The van der Waals surface area contributed by atoms with E-state index in [1.807, 2.05) is 18.2 Å². The predicted molar refractivity (Wildman–Crippen MR) is 79.1 cm³/mol. The van der Waals surface area contributed by atoms with Gasteiger partial charge in [-0.1, -0.05) is 24.3 Å². The van der Waals surface area contributed by atoms with E-state index in [4.69, 9.17) is 0 Å². The van der Waals surface area contributed by atoms with E-state index in [9.17, 15) is 4.79 Å². The van der Waals surface area contributed by atoms with Crippen molar-refractivity contribution in [2.24, 2.45) is 0 Å². The molecule has 1 aromatic rings. The lowest BCUT2D eigenvalue weighted by atomic mass is 10.0. The van der Waals surface area contributed by atoms with Crippen LogP contribution >= 0.6 is 0 Å². The van der Waals surface area contributed by atoms with Crippen molar-refractivity contribution in [3.63, 3.8) is 0 Å². The Morgan fingerprint density at radius 2 is 2.26 bits per heavy atom. The van der Waals surface area contributed by atoms with Crippen molar-refractivity contribution >= 4 is 11.6 Å². The van der Waals surface area contributed by atoms with Crippen LogP contribution in [0.4, 0.5) is 5.69 Å². The fourth-order valence-electron chi connectivity index (χ4n) is 2.46. The number of amides is 1. The van der Waals surface area contributed by atoms with Crippen molar-refractivity contribution in [1.82, 2.24) is 5.32 Å². The number of nitrogens with one attached hydrogen (secondary N) is 2. The third kappa shape index (κ3) is 4.21. The largest absolute Gasteiger partial charge is 0.326 e. The van der Waals surface area contributed by atoms with E-state index in [-0.39, 0.29) is 11.9 Å². The molecule has 0 unspecified atom stereocenters. The highest BCUT2D eigenvalue weighted by Crippen LogP contribution is 2.20. The predicted octanol–water partition coefficient (Wildman–Crippen LogP) is 3.40. The van der Waals surface area contributed by atoms with Gasteiger partial charge in [0.15, 0.2) is 0 Å². The zero-order valence-electron chi connectivity index (χ0n) is 11.6. The second-order valence-electron chi connectivity index (χ2n) is 5.16. The van der Waals surface area contributed by atoms with Crippen LogP contribution in [0.5, 0.6) is 0 Å². The van der Waals surface area contributed by atoms with E-state index in [2.05, 4.69) is 35.8 Å². The maximum absolute atomic E-state index is 11.1. The monoisotopic (exact) mass is 258 g/mol. The molecule has 3 heteroatoms. The maximum atomic E-state index is 11.1. The van der Waals surface area contributed by atoms with Gasteiger partial charge in [0.05, 0.1) is 0 Å². The van der Waals surface area contributed by atoms with Gasteiger partial charge in [-0.2, -0.15) is 0 Å². The first-order valence-corrected chi connectivity index (χ1v) is 6.95. The Hall–Kier alpha value is -1.61. The summed E-state index contributed by atoms with van der Waals surface area (Å²) in [5.74, 6) is -0.0343. The molecule has 0 aliphatic heterocycles. The lowest BCUT2D eigenvalue weighted by Gasteiger charge is -2.23. The van der Waals surface area contributed by atoms with Gasteiger partial charge in [-0.3, -0.25) is 4.79 Å². The zero-order valence-corrected chi connectivity index (χ0v) is 11.6. The van der Waals surface area contributed by atoms with Crippen LogP contribution in [0.15, 0.2) is 36.4 Å². The van der Waals surface area contributed by atoms with Crippen LogP contribution in [0.25, 0.3) is 0 Å². The molecule has 2 atom stereocenters. The summed E-state index contributed by atoms with van der Waals surface area (Å²) in [6, 6.07) is 8.77. The number of carbonyl (C=O) groups excluding carboxylic acids is 1. The van der Waals surface area contributed by atoms with Crippen molar-refractivity contribution in [2.45, 2.75) is 45.2 Å². The molecule has 3 nitrogen and oxygen atoms in total. The number of benzene rings is 1. The minimum absolute atomic E-state index is 0.0343. The molecule has 1 amide bonds. The third-order valence-corrected chi connectivity index (χ3v) is 3.43. The van der Waals surface area contributed by atoms with Gasteiger partial charge in [-0.25, -0.2) is 0 Å². The highest BCUT2D eigenvalue weighted by atomic mass is 16.1. The van der Waals surface area contributed by atoms with Gasteiger partial charge >= 0.3 is 0 Å². The standard InChI is InChI=1S/C16H22N2O/c1-12(17-15-8-4-3-5-9-15)14-7-6-10-16(11-14)18-13(2)19/h4,6-8,10-12,15,17H,3,5,9H2,1-2H3,(H,18,19)/t12-,15+/m1/s1. The van der Waals surface area contributed by atoms with Crippen LogP contribution in [0, 0.1) is 0 Å². The van der Waals surface area contributed by atoms with Gasteiger partial charge < -0.3 is 10.6 Å². The van der Waals surface area contributed by atoms with Gasteiger partial charge in [-0.05, 0) is 43.9 Å². The molecule has 0 bridgehead atoms. The van der Waals surface area contributed by atoms with E-state index in [0.29, 0.717) is 6.04 Å². The summed E-state index contributed by atoms with van der Waals surface area (Å²) in [7, 11) is 0. The van der Waals surface area contributed by atoms with Crippen molar-refractivity contribution < 1.29 is 4.79 Å². The highest BCUT2D eigenvalue weighted by Gasteiger charge is 2.13. The minimum atomic E-state index is -0.0343. The third-order valence-electron chi connectivity index (χ3n) is 3.43. The Kier molecular flexibility index (Phi) is 4.74. The molecule has 0 radical (unpaired) electrons. The Balaban J connectivity index is 2.01. The number of anilines is 1. The van der Waals surface area contributed by atoms with Gasteiger partial charge in [0.25, 0.3) is 0 Å². The molecule has 0 spiro atoms. The normalized spacial score (nSPS) is 20.0. The molecule has 0 heterocycles. The van der Waals surface area contributed by atoms with Crippen LogP contribution in [0.3, 0.4) is 0 Å². The summed E-state index contributed by atoms with van der Waals surface area (Å²) in [4.78, 5) is 11.1. The molecule has 1 aromatic carbocycles. The summed E-state index contributed by atoms with van der Waals surface area (Å²) >= 11 is 0. The lowest BCUT2D eigenvalue weighted by Crippen LogP contribution is -2.31. The highest BCUT2D eigenvalue weighted by molar-refractivity contribution is 5.88. The van der Waals surface area contributed by atoms with Crippen LogP contribution in [-0.4, -0.2) is 11.9 Å². The summed E-state index contributed by atoms with van der Waals surface area (Å²) in [6.07, 6.45) is 8.17. The van der Waals surface area contributed by atoms with Gasteiger partial charge in [-0.15, -0.1) is 0 Å². The Morgan fingerprint density at radius 1 is 1.42 bits per heavy atom. The molecule has 0 fully saturated rings. The van der Waals surface area contributed by atoms with Crippen molar-refractivity contribution in [1.29, 1.82) is 0 Å². The Morgan fingerprint density at radius 3 is 2.95 bits per heavy atom. The first-order chi connectivity index (χ1) is 9.15. The fourth-order valence-corrected chi connectivity index (χ4v) is 2.46. The number of carbonyl (C=O) groups is 1. The van der Waals surface area contributed by atoms with E-state index in [1.54, 1.807) is 0 Å². The summed E-state index contributed by atoms with van der Waals surface area (Å²) < 4.78 is 0. The smallest absolute Gasteiger partial charge is 0.221 e. The second-order valence-corrected chi connectivity index (χ2v) is 5.16. The number of rotatable bonds is 4. The molecular weight excluding hydrogens is 236 g/mol. The SMILES string of the molecule is CC(=O)Nc1cccc([C@@H](C)N[C@H]2C=CCCC2)c1. The molecule has 2 N–H and O–H groups in total. The molecule has 0 saturated carbocycles. The molecule has 0 aromatic heterocycles. The molecule has 102 valence electrons. The summed E-state index contributed by atoms with van der Waals surface area (Å²) in [6.45, 7) is 3.69. The zero-order chi connectivity index (χ0) is 13.7. The van der Waals surface area contributed by atoms with Gasteiger partial charge in [0, 0.05) is 24.7 Å². The van der Waals surface area contributed by atoms with Crippen LogP contribution in [-0.2, 0) is 4.79 Å². The van der Waals surface area contributed by atoms with Crippen molar-refractivity contribution in [3.8, 4) is 0 Å². The van der Waals surface area contributed by atoms with E-state index in [0.717, 1.165) is 5.69 Å². The molecular formula is C16H22N2O. The number of hydrogen-bond donors (Lipinski definition) is 2. The average Bonchev–Trinajstić information content (AvgIpc) is 2.39. The maximum Gasteiger partial charge on any atom is 0.221 e. The summed E-state index contributed by atoms with van der Waals surface area (Å²) in [5, 5.41) is 6.44. The van der Waals surface area contributed by atoms with Crippen molar-refractivity contribution in [3.05, 3.63) is 42.0 Å². The Labute approximate surface area is 115 Å². The first-order valence-electron chi connectivity index (χ1n) is 6.95. The lowest BCUT2D eigenvalue weighted by molar-refractivity contribution is -0.114. The summed E-state index contributed by atoms with van der Waals surface area (Å²) in [5.41, 5.74) is 2.06. The molecule has 19 heavy (non-hydrogen) atoms. The van der Waals surface area contributed by atoms with Gasteiger partial charge in [0.1, 0.15) is 0 Å². The molecule has 0 saturated heterocycles. The minimum Gasteiger partial charge on any atom is -0.326 e. The van der Waals surface area contributed by atoms with Crippen LogP contribution in [0.1, 0.15) is 44.7 Å².